The molecule has 1 atom stereocenters. The molecule has 1 saturated heterocycles. The Morgan fingerprint density at radius 3 is 2.67 bits per heavy atom. The molecule has 0 aliphatic carbocycles. The normalized spacial score (nSPS) is 23.0. The zero-order valence-corrected chi connectivity index (χ0v) is 12.4. The lowest BCUT2D eigenvalue weighted by atomic mass is 10.0. The maximum Gasteiger partial charge on any atom is 0.255 e. The van der Waals surface area contributed by atoms with Crippen LogP contribution in [0.15, 0.2) is 18.2 Å². The molecule has 1 aromatic rings. The third kappa shape index (κ3) is 2.47. The molecule has 0 saturated carbocycles. The predicted octanol–water partition coefficient (Wildman–Crippen LogP) is 1.81. The minimum Gasteiger partial charge on any atom is -0.490 e. The summed E-state index contributed by atoms with van der Waals surface area (Å²) in [4.78, 5) is 15.8. The van der Waals surface area contributed by atoms with E-state index in [2.05, 4.69) is 18.0 Å². The molecule has 2 heterocycles. The van der Waals surface area contributed by atoms with Gasteiger partial charge in [0.05, 0.1) is 6.07 Å². The molecule has 0 radical (unpaired) electrons. The van der Waals surface area contributed by atoms with Gasteiger partial charge in [0.2, 0.25) is 0 Å². The van der Waals surface area contributed by atoms with Crippen molar-refractivity contribution in [2.75, 3.05) is 27.2 Å². The fourth-order valence-electron chi connectivity index (χ4n) is 3.00. The first-order valence-electron chi connectivity index (χ1n) is 7.26. The monoisotopic (exact) mass is 285 g/mol. The summed E-state index contributed by atoms with van der Waals surface area (Å²) in [7, 11) is 3.78. The molecule has 110 valence electrons. The molecule has 21 heavy (non-hydrogen) atoms. The van der Waals surface area contributed by atoms with Gasteiger partial charge in [-0.25, -0.2) is 0 Å². The van der Waals surface area contributed by atoms with Crippen molar-refractivity contribution in [3.63, 3.8) is 0 Å². The van der Waals surface area contributed by atoms with Crippen LogP contribution < -0.4 is 4.74 Å². The Bertz CT molecular complexity index is 600. The molecule has 3 rings (SSSR count). The zero-order chi connectivity index (χ0) is 15.0. The van der Waals surface area contributed by atoms with E-state index in [1.807, 2.05) is 12.1 Å². The Labute approximate surface area is 124 Å². The second kappa shape index (κ2) is 5.38. The summed E-state index contributed by atoms with van der Waals surface area (Å²) < 4.78 is 6.03. The van der Waals surface area contributed by atoms with Crippen LogP contribution in [0.25, 0.3) is 0 Å². The van der Waals surface area contributed by atoms with E-state index in [4.69, 9.17) is 4.74 Å². The van der Waals surface area contributed by atoms with E-state index in [9.17, 15) is 10.1 Å². The summed E-state index contributed by atoms with van der Waals surface area (Å²) in [6, 6.07) is 7.13. The topological polar surface area (TPSA) is 56.6 Å². The second-order valence-electron chi connectivity index (χ2n) is 5.82. The van der Waals surface area contributed by atoms with E-state index in [0.717, 1.165) is 37.2 Å². The number of hydrogen-bond donors (Lipinski definition) is 0. The van der Waals surface area contributed by atoms with E-state index in [1.54, 1.807) is 13.1 Å². The van der Waals surface area contributed by atoms with Gasteiger partial charge in [-0.1, -0.05) is 0 Å². The van der Waals surface area contributed by atoms with Crippen LogP contribution in [0, 0.1) is 11.3 Å². The van der Waals surface area contributed by atoms with Gasteiger partial charge >= 0.3 is 0 Å². The Morgan fingerprint density at radius 2 is 2.00 bits per heavy atom. The van der Waals surface area contributed by atoms with E-state index in [0.29, 0.717) is 5.56 Å². The van der Waals surface area contributed by atoms with Crippen molar-refractivity contribution in [3.05, 3.63) is 29.3 Å². The van der Waals surface area contributed by atoms with Gasteiger partial charge in [-0.15, -0.1) is 0 Å². The van der Waals surface area contributed by atoms with Crippen molar-refractivity contribution < 1.29 is 9.53 Å². The van der Waals surface area contributed by atoms with Crippen molar-refractivity contribution in [1.29, 1.82) is 5.26 Å². The average molecular weight is 285 g/mol. The highest BCUT2D eigenvalue weighted by atomic mass is 16.5. The first-order chi connectivity index (χ1) is 10.1. The first-order valence-corrected chi connectivity index (χ1v) is 7.26. The number of benzene rings is 1. The molecule has 0 aromatic heterocycles. The lowest BCUT2D eigenvalue weighted by molar-refractivity contribution is 0.0800. The van der Waals surface area contributed by atoms with Crippen molar-refractivity contribution in [3.8, 4) is 11.8 Å². The predicted molar refractivity (Wildman–Crippen MR) is 78.0 cm³/mol. The number of carbonyl (C=O) groups is 1. The summed E-state index contributed by atoms with van der Waals surface area (Å²) >= 11 is 0. The van der Waals surface area contributed by atoms with Gasteiger partial charge in [-0.2, -0.15) is 5.26 Å². The number of nitriles is 1. The number of ether oxygens (including phenoxy) is 1. The minimum absolute atomic E-state index is 0.0950. The van der Waals surface area contributed by atoms with Crippen LogP contribution in [0.4, 0.5) is 0 Å². The van der Waals surface area contributed by atoms with Crippen molar-refractivity contribution in [2.24, 2.45) is 0 Å². The summed E-state index contributed by atoms with van der Waals surface area (Å²) in [5, 5.41) is 9.25. The molecule has 1 amide bonds. The molecule has 0 N–H and O–H groups in total. The van der Waals surface area contributed by atoms with Crippen LogP contribution in [-0.4, -0.2) is 49.0 Å². The van der Waals surface area contributed by atoms with Crippen LogP contribution in [0.5, 0.6) is 5.75 Å². The molecule has 5 nitrogen and oxygen atoms in total. The van der Waals surface area contributed by atoms with E-state index >= 15 is 0 Å². The quantitative estimate of drug-likeness (QED) is 0.831. The maximum absolute atomic E-state index is 12.0. The molecule has 0 spiro atoms. The summed E-state index contributed by atoms with van der Waals surface area (Å²) in [5.41, 5.74) is 1.37. The van der Waals surface area contributed by atoms with Crippen molar-refractivity contribution >= 4 is 5.91 Å². The molecule has 2 aliphatic rings. The third-order valence-corrected chi connectivity index (χ3v) is 4.35. The third-order valence-electron chi connectivity index (χ3n) is 4.35. The number of piperidine rings is 1. The lowest BCUT2D eigenvalue weighted by Crippen LogP contribution is -2.35. The van der Waals surface area contributed by atoms with Gasteiger partial charge in [-0.3, -0.25) is 4.79 Å². The summed E-state index contributed by atoms with van der Waals surface area (Å²) in [5.74, 6) is 0.661. The number of rotatable bonds is 2. The molecule has 1 unspecified atom stereocenters. The Balaban J connectivity index is 1.79. The average Bonchev–Trinajstić information content (AvgIpc) is 2.73. The maximum atomic E-state index is 12.0. The van der Waals surface area contributed by atoms with Crippen LogP contribution in [-0.2, 0) is 0 Å². The molecule has 1 aromatic carbocycles. The molecule has 1 fully saturated rings. The van der Waals surface area contributed by atoms with Gasteiger partial charge in [0.25, 0.3) is 5.91 Å². The highest BCUT2D eigenvalue weighted by Crippen LogP contribution is 2.34. The van der Waals surface area contributed by atoms with Crippen LogP contribution in [0.2, 0.25) is 0 Å². The van der Waals surface area contributed by atoms with Crippen molar-refractivity contribution in [1.82, 2.24) is 9.80 Å². The Kier molecular flexibility index (Phi) is 3.56. The van der Waals surface area contributed by atoms with Gasteiger partial charge in [-0.05, 0) is 38.1 Å². The zero-order valence-electron chi connectivity index (χ0n) is 12.4. The molecule has 2 aliphatic heterocycles. The van der Waals surface area contributed by atoms with Crippen LogP contribution in [0.1, 0.15) is 34.8 Å². The standard InChI is InChI=1S/C16H19N3O2/c1-18-7-5-11(6-8-18)21-12-3-4-13-14(9-12)15(10-17)19(2)16(13)20/h3-4,9,11,15H,5-8H2,1-2H3. The summed E-state index contributed by atoms with van der Waals surface area (Å²) in [6.45, 7) is 2.08. The van der Waals surface area contributed by atoms with E-state index in [-0.39, 0.29) is 12.0 Å². The molecule has 0 bridgehead atoms. The highest BCUT2D eigenvalue weighted by Gasteiger charge is 2.34. The largest absolute Gasteiger partial charge is 0.490 e. The second-order valence-corrected chi connectivity index (χ2v) is 5.82. The van der Waals surface area contributed by atoms with Gasteiger partial charge < -0.3 is 14.5 Å². The Morgan fingerprint density at radius 1 is 1.29 bits per heavy atom. The summed E-state index contributed by atoms with van der Waals surface area (Å²) in [6.07, 6.45) is 2.23. The fraction of sp³-hybridized carbons (Fsp3) is 0.500. The van der Waals surface area contributed by atoms with Gasteiger partial charge in [0.1, 0.15) is 17.9 Å². The molecular formula is C16H19N3O2. The smallest absolute Gasteiger partial charge is 0.255 e. The molecular weight excluding hydrogens is 266 g/mol. The number of carbonyl (C=O) groups excluding carboxylic acids is 1. The SMILES string of the molecule is CN1CCC(Oc2ccc3c(c2)C(C#N)N(C)C3=O)CC1. The molecule has 5 heteroatoms. The number of likely N-dealkylation sites (tertiary alicyclic amines) is 1. The van der Waals surface area contributed by atoms with Crippen LogP contribution in [0.3, 0.4) is 0 Å². The number of nitrogens with zero attached hydrogens (tertiary/aromatic N) is 3. The highest BCUT2D eigenvalue weighted by molar-refractivity contribution is 5.99. The number of fused-ring (bicyclic) bond motifs is 1. The Hall–Kier alpha value is -2.06. The first kappa shape index (κ1) is 13.9. The van der Waals surface area contributed by atoms with Gasteiger partial charge in [0, 0.05) is 31.3 Å². The van der Waals surface area contributed by atoms with Gasteiger partial charge in [0.15, 0.2) is 0 Å². The lowest BCUT2D eigenvalue weighted by Gasteiger charge is -2.29. The number of amides is 1. The van der Waals surface area contributed by atoms with Crippen molar-refractivity contribution in [2.45, 2.75) is 25.0 Å². The number of hydrogen-bond acceptors (Lipinski definition) is 4. The van der Waals surface area contributed by atoms with E-state index in [1.165, 1.54) is 4.90 Å². The minimum atomic E-state index is -0.506. The van der Waals surface area contributed by atoms with E-state index < -0.39 is 6.04 Å². The van der Waals surface area contributed by atoms with Crippen LogP contribution >= 0.6 is 0 Å². The fourth-order valence-corrected chi connectivity index (χ4v) is 3.00.